The van der Waals surface area contributed by atoms with Crippen molar-refractivity contribution in [2.45, 2.75) is 112 Å². The van der Waals surface area contributed by atoms with Crippen LogP contribution in [0.15, 0.2) is 0 Å². The summed E-state index contributed by atoms with van der Waals surface area (Å²) in [7, 11) is -3.50. The SMILES string of the molecule is CCCCC(C)COP(=O)(OCC(CC)CCCC)OCC(CC)CCCC. The Morgan fingerprint density at radius 1 is 0.643 bits per heavy atom. The molecule has 4 nitrogen and oxygen atoms in total. The number of phosphoric ester groups is 1. The fraction of sp³-hybridized carbons (Fsp3) is 1.00. The van der Waals surface area contributed by atoms with Gasteiger partial charge >= 0.3 is 7.82 Å². The predicted octanol–water partition coefficient (Wildman–Crippen LogP) is 8.40. The van der Waals surface area contributed by atoms with E-state index in [-0.39, 0.29) is 0 Å². The Balaban J connectivity index is 4.79. The molecular formula is C23H49O4P. The van der Waals surface area contributed by atoms with Crippen LogP contribution in [0.4, 0.5) is 0 Å². The molecule has 0 aromatic rings. The maximum absolute atomic E-state index is 13.3. The molecule has 3 atom stereocenters. The highest BCUT2D eigenvalue weighted by Crippen LogP contribution is 2.51. The summed E-state index contributed by atoms with van der Waals surface area (Å²) in [6.45, 7) is 14.4. The second kappa shape index (κ2) is 17.9. The minimum atomic E-state index is -3.50. The van der Waals surface area contributed by atoms with Crippen molar-refractivity contribution in [3.8, 4) is 0 Å². The molecule has 0 aliphatic rings. The van der Waals surface area contributed by atoms with E-state index in [2.05, 4.69) is 41.5 Å². The van der Waals surface area contributed by atoms with E-state index in [1.807, 2.05) is 0 Å². The van der Waals surface area contributed by atoms with Gasteiger partial charge in [-0.25, -0.2) is 4.57 Å². The summed E-state index contributed by atoms with van der Waals surface area (Å²) in [4.78, 5) is 0. The van der Waals surface area contributed by atoms with Crippen molar-refractivity contribution in [2.24, 2.45) is 17.8 Å². The van der Waals surface area contributed by atoms with Gasteiger partial charge in [-0.3, -0.25) is 13.6 Å². The van der Waals surface area contributed by atoms with Crippen molar-refractivity contribution in [1.29, 1.82) is 0 Å². The maximum Gasteiger partial charge on any atom is 0.474 e. The first-order chi connectivity index (χ1) is 13.4. The molecule has 3 unspecified atom stereocenters. The van der Waals surface area contributed by atoms with Crippen molar-refractivity contribution in [1.82, 2.24) is 0 Å². The van der Waals surface area contributed by atoms with Crippen LogP contribution in [0.25, 0.3) is 0 Å². The second-order valence-electron chi connectivity index (χ2n) is 8.41. The Hall–Kier alpha value is 0.110. The third-order valence-corrected chi connectivity index (χ3v) is 6.99. The molecule has 0 fully saturated rings. The first-order valence-electron chi connectivity index (χ1n) is 12.0. The molecule has 170 valence electrons. The van der Waals surface area contributed by atoms with Gasteiger partial charge in [-0.05, 0) is 37.0 Å². The molecule has 0 spiro atoms. The van der Waals surface area contributed by atoms with E-state index in [0.717, 1.165) is 32.1 Å². The molecule has 0 heterocycles. The molecule has 0 amide bonds. The van der Waals surface area contributed by atoms with Crippen LogP contribution < -0.4 is 0 Å². The molecule has 0 aromatic carbocycles. The lowest BCUT2D eigenvalue weighted by molar-refractivity contribution is 0.0754. The molecule has 0 saturated carbocycles. The lowest BCUT2D eigenvalue weighted by Crippen LogP contribution is -2.15. The smallest absolute Gasteiger partial charge is 0.287 e. The first-order valence-corrected chi connectivity index (χ1v) is 13.4. The molecule has 28 heavy (non-hydrogen) atoms. The summed E-state index contributed by atoms with van der Waals surface area (Å²) in [6.07, 6.45) is 12.4. The van der Waals surface area contributed by atoms with Crippen LogP contribution in [0, 0.1) is 17.8 Å². The van der Waals surface area contributed by atoms with Gasteiger partial charge < -0.3 is 0 Å². The molecule has 0 saturated heterocycles. The molecule has 0 aliphatic carbocycles. The van der Waals surface area contributed by atoms with E-state index in [1.165, 1.54) is 38.5 Å². The highest BCUT2D eigenvalue weighted by Gasteiger charge is 2.29. The van der Waals surface area contributed by atoms with Gasteiger partial charge in [-0.15, -0.1) is 0 Å². The van der Waals surface area contributed by atoms with Gasteiger partial charge in [0.15, 0.2) is 0 Å². The lowest BCUT2D eigenvalue weighted by Gasteiger charge is -2.24. The predicted molar refractivity (Wildman–Crippen MR) is 121 cm³/mol. The largest absolute Gasteiger partial charge is 0.474 e. The molecule has 5 heteroatoms. The highest BCUT2D eigenvalue weighted by molar-refractivity contribution is 7.48. The molecule has 0 bridgehead atoms. The Kier molecular flexibility index (Phi) is 18.0. The van der Waals surface area contributed by atoms with Crippen molar-refractivity contribution in [3.05, 3.63) is 0 Å². The topological polar surface area (TPSA) is 44.8 Å². The zero-order valence-corrected chi connectivity index (χ0v) is 20.6. The number of rotatable bonds is 20. The van der Waals surface area contributed by atoms with Crippen molar-refractivity contribution < 1.29 is 18.1 Å². The normalized spacial score (nSPS) is 17.2. The molecule has 0 N–H and O–H groups in total. The van der Waals surface area contributed by atoms with Gasteiger partial charge in [0.1, 0.15) is 0 Å². The zero-order chi connectivity index (χ0) is 21.3. The van der Waals surface area contributed by atoms with Crippen molar-refractivity contribution in [2.75, 3.05) is 19.8 Å². The zero-order valence-electron chi connectivity index (χ0n) is 19.7. The van der Waals surface area contributed by atoms with E-state index >= 15 is 0 Å². The van der Waals surface area contributed by atoms with Crippen LogP contribution in [0.3, 0.4) is 0 Å². The van der Waals surface area contributed by atoms with Gasteiger partial charge in [0.25, 0.3) is 0 Å². The van der Waals surface area contributed by atoms with E-state index in [9.17, 15) is 4.57 Å². The summed E-state index contributed by atoms with van der Waals surface area (Å²) < 4.78 is 30.8. The van der Waals surface area contributed by atoms with Gasteiger partial charge in [-0.2, -0.15) is 0 Å². The maximum atomic E-state index is 13.3. The number of hydrogen-bond acceptors (Lipinski definition) is 4. The molecule has 0 rings (SSSR count). The van der Waals surface area contributed by atoms with Gasteiger partial charge in [0, 0.05) is 0 Å². The highest BCUT2D eigenvalue weighted by atomic mass is 31.2. The number of phosphoric acid groups is 1. The Morgan fingerprint density at radius 2 is 1.04 bits per heavy atom. The monoisotopic (exact) mass is 420 g/mol. The van der Waals surface area contributed by atoms with E-state index in [1.54, 1.807) is 0 Å². The molecule has 0 aromatic heterocycles. The summed E-state index contributed by atoms with van der Waals surface area (Å²) in [5, 5.41) is 0. The van der Waals surface area contributed by atoms with E-state index < -0.39 is 7.82 Å². The average molecular weight is 421 g/mol. The van der Waals surface area contributed by atoms with E-state index in [4.69, 9.17) is 13.6 Å². The van der Waals surface area contributed by atoms with Crippen LogP contribution in [0.2, 0.25) is 0 Å². The minimum absolute atomic E-state index is 0.365. The summed E-state index contributed by atoms with van der Waals surface area (Å²) in [5.74, 6) is 1.20. The molecule has 0 radical (unpaired) electrons. The third-order valence-electron chi connectivity index (χ3n) is 5.59. The number of hydrogen-bond donors (Lipinski definition) is 0. The third kappa shape index (κ3) is 14.1. The second-order valence-corrected chi connectivity index (χ2v) is 10.1. The lowest BCUT2D eigenvalue weighted by atomic mass is 10.0. The van der Waals surface area contributed by atoms with Crippen LogP contribution >= 0.6 is 7.82 Å². The summed E-state index contributed by atoms with van der Waals surface area (Å²) >= 11 is 0. The van der Waals surface area contributed by atoms with Crippen LogP contribution in [0.1, 0.15) is 112 Å². The standard InChI is InChI=1S/C23H49O4P/c1-7-12-15-21(6)18-25-28(24,26-19-22(10-4)16-13-8-2)27-20-23(11-5)17-14-9-3/h21-23H,7-20H2,1-6H3. The number of unbranched alkanes of at least 4 members (excludes halogenated alkanes) is 3. The molecular weight excluding hydrogens is 371 g/mol. The van der Waals surface area contributed by atoms with Crippen LogP contribution in [0.5, 0.6) is 0 Å². The van der Waals surface area contributed by atoms with Gasteiger partial charge in [0.2, 0.25) is 0 Å². The Bertz CT molecular complexity index is 365. The minimum Gasteiger partial charge on any atom is -0.287 e. The summed E-state index contributed by atoms with van der Waals surface area (Å²) in [6, 6.07) is 0. The Morgan fingerprint density at radius 3 is 1.43 bits per heavy atom. The van der Waals surface area contributed by atoms with Gasteiger partial charge in [-0.1, -0.05) is 92.9 Å². The van der Waals surface area contributed by atoms with Crippen molar-refractivity contribution >= 4 is 7.82 Å². The van der Waals surface area contributed by atoms with E-state index in [0.29, 0.717) is 37.6 Å². The first kappa shape index (κ1) is 28.1. The Labute approximate surface area is 176 Å². The van der Waals surface area contributed by atoms with Crippen LogP contribution in [-0.2, 0) is 18.1 Å². The fourth-order valence-electron chi connectivity index (χ4n) is 3.16. The molecule has 0 aliphatic heterocycles. The van der Waals surface area contributed by atoms with Crippen LogP contribution in [-0.4, -0.2) is 19.8 Å². The van der Waals surface area contributed by atoms with Crippen molar-refractivity contribution in [3.63, 3.8) is 0 Å². The average Bonchev–Trinajstić information content (AvgIpc) is 2.71. The fourth-order valence-corrected chi connectivity index (χ4v) is 4.60. The summed E-state index contributed by atoms with van der Waals surface area (Å²) in [5.41, 5.74) is 0. The quantitative estimate of drug-likeness (QED) is 0.185. The van der Waals surface area contributed by atoms with Gasteiger partial charge in [0.05, 0.1) is 19.8 Å².